The number of phenolic OH excluding ortho intramolecular Hbond substituents is 1. The Kier molecular flexibility index (Phi) is 3.33. The summed E-state index contributed by atoms with van der Waals surface area (Å²) in [5.74, 6) is 0.252. The van der Waals surface area contributed by atoms with Crippen molar-refractivity contribution in [3.05, 3.63) is 29.8 Å². The van der Waals surface area contributed by atoms with Crippen LogP contribution in [0.2, 0.25) is 0 Å². The standard InChI is InChI=1S/C12H16N2O/c1-12(9-13,14(2)3)8-10-4-6-11(15)7-5-10/h4-7,15H,8H2,1-3H3. The highest BCUT2D eigenvalue weighted by Crippen LogP contribution is 2.19. The number of hydrogen-bond acceptors (Lipinski definition) is 3. The lowest BCUT2D eigenvalue weighted by Crippen LogP contribution is -2.41. The first-order chi connectivity index (χ1) is 6.98. The van der Waals surface area contributed by atoms with Gasteiger partial charge < -0.3 is 5.11 Å². The summed E-state index contributed by atoms with van der Waals surface area (Å²) in [5, 5.41) is 18.3. The zero-order valence-electron chi connectivity index (χ0n) is 9.36. The second-order valence-corrected chi connectivity index (χ2v) is 4.12. The Balaban J connectivity index is 2.85. The van der Waals surface area contributed by atoms with Crippen molar-refractivity contribution >= 4 is 0 Å². The highest BCUT2D eigenvalue weighted by atomic mass is 16.3. The number of phenols is 1. The van der Waals surface area contributed by atoms with Crippen molar-refractivity contribution < 1.29 is 5.11 Å². The molecule has 1 aromatic carbocycles. The molecule has 0 spiro atoms. The van der Waals surface area contributed by atoms with Crippen LogP contribution in [0.5, 0.6) is 5.75 Å². The second-order valence-electron chi connectivity index (χ2n) is 4.12. The van der Waals surface area contributed by atoms with Crippen molar-refractivity contribution in [1.82, 2.24) is 4.90 Å². The summed E-state index contributed by atoms with van der Waals surface area (Å²) in [6.07, 6.45) is 0.650. The highest BCUT2D eigenvalue weighted by molar-refractivity contribution is 5.28. The van der Waals surface area contributed by atoms with Crippen LogP contribution < -0.4 is 0 Å². The van der Waals surface area contributed by atoms with Crippen LogP contribution in [0.3, 0.4) is 0 Å². The Morgan fingerprint density at radius 1 is 1.33 bits per heavy atom. The molecule has 80 valence electrons. The summed E-state index contributed by atoms with van der Waals surface area (Å²) < 4.78 is 0. The van der Waals surface area contributed by atoms with E-state index in [1.807, 2.05) is 38.1 Å². The van der Waals surface area contributed by atoms with Crippen molar-refractivity contribution in [3.8, 4) is 11.8 Å². The van der Waals surface area contributed by atoms with E-state index < -0.39 is 5.54 Å². The minimum absolute atomic E-state index is 0.252. The smallest absolute Gasteiger partial charge is 0.115 e. The van der Waals surface area contributed by atoms with Gasteiger partial charge in [-0.05, 0) is 38.7 Å². The van der Waals surface area contributed by atoms with Crippen LogP contribution in [0.1, 0.15) is 12.5 Å². The minimum atomic E-state index is -0.503. The molecule has 0 saturated heterocycles. The van der Waals surface area contributed by atoms with Crippen LogP contribution in [-0.4, -0.2) is 29.6 Å². The maximum atomic E-state index is 9.15. The molecule has 15 heavy (non-hydrogen) atoms. The number of hydrogen-bond donors (Lipinski definition) is 1. The van der Waals surface area contributed by atoms with Gasteiger partial charge in [-0.3, -0.25) is 4.90 Å². The van der Waals surface area contributed by atoms with Gasteiger partial charge in [0.15, 0.2) is 0 Å². The number of aromatic hydroxyl groups is 1. The monoisotopic (exact) mass is 204 g/mol. The molecule has 3 nitrogen and oxygen atoms in total. The number of benzene rings is 1. The Hall–Kier alpha value is -1.53. The van der Waals surface area contributed by atoms with Gasteiger partial charge in [-0.25, -0.2) is 0 Å². The number of likely N-dealkylation sites (N-methyl/N-ethyl adjacent to an activating group) is 1. The summed E-state index contributed by atoms with van der Waals surface area (Å²) in [7, 11) is 3.78. The topological polar surface area (TPSA) is 47.3 Å². The van der Waals surface area contributed by atoms with Gasteiger partial charge in [0, 0.05) is 6.42 Å². The summed E-state index contributed by atoms with van der Waals surface area (Å²) in [6, 6.07) is 9.27. The average Bonchev–Trinajstić information content (AvgIpc) is 2.21. The Morgan fingerprint density at radius 3 is 2.27 bits per heavy atom. The van der Waals surface area contributed by atoms with Gasteiger partial charge in [-0.15, -0.1) is 0 Å². The van der Waals surface area contributed by atoms with Gasteiger partial charge in [-0.2, -0.15) is 5.26 Å². The van der Waals surface area contributed by atoms with E-state index in [0.717, 1.165) is 5.56 Å². The zero-order valence-corrected chi connectivity index (χ0v) is 9.36. The molecule has 0 heterocycles. The Bertz CT molecular complexity index is 364. The third-order valence-corrected chi connectivity index (χ3v) is 2.71. The Morgan fingerprint density at radius 2 is 1.87 bits per heavy atom. The summed E-state index contributed by atoms with van der Waals surface area (Å²) in [4.78, 5) is 1.90. The van der Waals surface area contributed by atoms with Gasteiger partial charge in [0.05, 0.1) is 6.07 Å². The largest absolute Gasteiger partial charge is 0.508 e. The summed E-state index contributed by atoms with van der Waals surface area (Å²) in [5.41, 5.74) is 0.544. The Labute approximate surface area is 90.6 Å². The van der Waals surface area contributed by atoms with Gasteiger partial charge in [0.25, 0.3) is 0 Å². The van der Waals surface area contributed by atoms with E-state index in [-0.39, 0.29) is 5.75 Å². The number of nitriles is 1. The molecule has 3 heteroatoms. The molecule has 0 saturated carbocycles. The second kappa shape index (κ2) is 4.33. The van der Waals surface area contributed by atoms with Gasteiger partial charge in [0.2, 0.25) is 0 Å². The SMILES string of the molecule is CN(C)C(C)(C#N)Cc1ccc(O)cc1. The fourth-order valence-electron chi connectivity index (χ4n) is 1.31. The first kappa shape index (κ1) is 11.5. The molecule has 0 aliphatic heterocycles. The lowest BCUT2D eigenvalue weighted by molar-refractivity contribution is 0.236. The maximum absolute atomic E-state index is 9.15. The third-order valence-electron chi connectivity index (χ3n) is 2.71. The quantitative estimate of drug-likeness (QED) is 0.816. The molecule has 0 aliphatic rings. The van der Waals surface area contributed by atoms with Crippen LogP contribution in [0.4, 0.5) is 0 Å². The first-order valence-corrected chi connectivity index (χ1v) is 4.84. The van der Waals surface area contributed by atoms with Crippen LogP contribution in [0.15, 0.2) is 24.3 Å². The van der Waals surface area contributed by atoms with Crippen LogP contribution in [0, 0.1) is 11.3 Å². The molecule has 1 rings (SSSR count). The lowest BCUT2D eigenvalue weighted by Gasteiger charge is -2.29. The molecular weight excluding hydrogens is 188 g/mol. The van der Waals surface area contributed by atoms with Gasteiger partial charge >= 0.3 is 0 Å². The predicted molar refractivity (Wildman–Crippen MR) is 59.5 cm³/mol. The molecule has 1 N–H and O–H groups in total. The zero-order chi connectivity index (χ0) is 11.5. The molecule has 0 bridgehead atoms. The number of nitrogens with zero attached hydrogens (tertiary/aromatic N) is 2. The maximum Gasteiger partial charge on any atom is 0.115 e. The van der Waals surface area contributed by atoms with E-state index in [0.29, 0.717) is 6.42 Å². The average molecular weight is 204 g/mol. The number of rotatable bonds is 3. The van der Waals surface area contributed by atoms with Crippen LogP contribution >= 0.6 is 0 Å². The van der Waals surface area contributed by atoms with E-state index >= 15 is 0 Å². The summed E-state index contributed by atoms with van der Waals surface area (Å²) in [6.45, 7) is 1.90. The van der Waals surface area contributed by atoms with Crippen molar-refractivity contribution in [2.24, 2.45) is 0 Å². The van der Waals surface area contributed by atoms with Gasteiger partial charge in [0.1, 0.15) is 11.3 Å². The fourth-order valence-corrected chi connectivity index (χ4v) is 1.31. The highest BCUT2D eigenvalue weighted by Gasteiger charge is 2.26. The molecule has 0 aliphatic carbocycles. The molecule has 0 amide bonds. The van der Waals surface area contributed by atoms with Crippen molar-refractivity contribution in [1.29, 1.82) is 5.26 Å². The van der Waals surface area contributed by atoms with Crippen molar-refractivity contribution in [2.45, 2.75) is 18.9 Å². The van der Waals surface area contributed by atoms with Crippen LogP contribution in [0.25, 0.3) is 0 Å². The fraction of sp³-hybridized carbons (Fsp3) is 0.417. The predicted octanol–water partition coefficient (Wildman–Crippen LogP) is 1.78. The molecule has 1 atom stereocenters. The molecule has 1 aromatic rings. The minimum Gasteiger partial charge on any atom is -0.508 e. The van der Waals surface area contributed by atoms with Crippen molar-refractivity contribution in [2.75, 3.05) is 14.1 Å². The van der Waals surface area contributed by atoms with E-state index in [1.165, 1.54) is 0 Å². The lowest BCUT2D eigenvalue weighted by atomic mass is 9.93. The molecule has 0 radical (unpaired) electrons. The van der Waals surface area contributed by atoms with Crippen molar-refractivity contribution in [3.63, 3.8) is 0 Å². The molecule has 1 unspecified atom stereocenters. The summed E-state index contributed by atoms with van der Waals surface area (Å²) >= 11 is 0. The molecule has 0 fully saturated rings. The van der Waals surface area contributed by atoms with Crippen LogP contribution in [-0.2, 0) is 6.42 Å². The van der Waals surface area contributed by atoms with E-state index in [9.17, 15) is 0 Å². The molecule has 0 aromatic heterocycles. The van der Waals surface area contributed by atoms with E-state index in [2.05, 4.69) is 6.07 Å². The third kappa shape index (κ3) is 2.71. The van der Waals surface area contributed by atoms with E-state index in [1.54, 1.807) is 12.1 Å². The first-order valence-electron chi connectivity index (χ1n) is 4.84. The normalized spacial score (nSPS) is 14.6. The van der Waals surface area contributed by atoms with E-state index in [4.69, 9.17) is 10.4 Å². The van der Waals surface area contributed by atoms with Gasteiger partial charge in [-0.1, -0.05) is 12.1 Å². The molecular formula is C12H16N2O.